The van der Waals surface area contributed by atoms with Gasteiger partial charge in [-0.3, -0.25) is 4.79 Å². The normalized spacial score (nSPS) is 20.6. The number of nitriles is 1. The topological polar surface area (TPSA) is 109 Å². The van der Waals surface area contributed by atoms with Crippen LogP contribution in [0.2, 0.25) is 0 Å². The maximum atomic E-state index is 12.5. The Kier molecular flexibility index (Phi) is 8.59. The fraction of sp³-hybridized carbons (Fsp3) is 0.438. The van der Waals surface area contributed by atoms with E-state index in [1.807, 2.05) is 18.2 Å². The summed E-state index contributed by atoms with van der Waals surface area (Å²) in [6.07, 6.45) is 4.50. The monoisotopic (exact) mass is 693 g/mol. The average Bonchev–Trinajstić information content (AvgIpc) is 3.43. The summed E-state index contributed by atoms with van der Waals surface area (Å²) in [4.78, 5) is 31.0. The van der Waals surface area contributed by atoms with Crippen LogP contribution in [0.4, 0.5) is 11.5 Å². The molecule has 6 rings (SSSR count). The molecule has 4 heterocycles. The number of hydrogen-bond donors (Lipinski definition) is 1. The van der Waals surface area contributed by atoms with E-state index in [-0.39, 0.29) is 24.1 Å². The first kappa shape index (κ1) is 29.4. The predicted octanol–water partition coefficient (Wildman–Crippen LogP) is 4.09. The minimum Gasteiger partial charge on any atom is -0.508 e. The number of phenols is 1. The highest BCUT2D eigenvalue weighted by Gasteiger charge is 2.34. The molecule has 43 heavy (non-hydrogen) atoms. The van der Waals surface area contributed by atoms with Gasteiger partial charge in [0.25, 0.3) is 0 Å². The number of nitrogens with zero attached hydrogens (tertiary/aromatic N) is 7. The van der Waals surface area contributed by atoms with Crippen LogP contribution in [0.1, 0.15) is 30.5 Å². The van der Waals surface area contributed by atoms with Crippen LogP contribution < -0.4 is 14.5 Å². The summed E-state index contributed by atoms with van der Waals surface area (Å²) in [7, 11) is 2.12. The lowest BCUT2D eigenvalue weighted by atomic mass is 10.0. The number of likely N-dealkylation sites (tertiary alicyclic amines) is 1. The molecule has 1 aromatic heterocycles. The van der Waals surface area contributed by atoms with Crippen molar-refractivity contribution in [2.24, 2.45) is 0 Å². The van der Waals surface area contributed by atoms with Crippen molar-refractivity contribution in [2.75, 3.05) is 56.2 Å². The number of piperazine rings is 1. The largest absolute Gasteiger partial charge is 0.508 e. The minimum atomic E-state index is -0.257. The van der Waals surface area contributed by atoms with Crippen LogP contribution >= 0.6 is 22.6 Å². The fourth-order valence-electron chi connectivity index (χ4n) is 6.61. The van der Waals surface area contributed by atoms with Crippen LogP contribution in [-0.4, -0.2) is 89.2 Å². The minimum absolute atomic E-state index is 0.155. The highest BCUT2D eigenvalue weighted by atomic mass is 127. The number of ether oxygens (including phenoxy) is 1. The summed E-state index contributed by atoms with van der Waals surface area (Å²) in [6, 6.07) is 12.4. The quantitative estimate of drug-likeness (QED) is 0.289. The smallest absolute Gasteiger partial charge is 0.318 e. The van der Waals surface area contributed by atoms with Crippen molar-refractivity contribution in [2.45, 2.75) is 44.3 Å². The average molecular weight is 694 g/mol. The molecule has 0 bridgehead atoms. The maximum absolute atomic E-state index is 12.5. The Bertz CT molecular complexity index is 1590. The Balaban J connectivity index is 1.35. The second-order valence-corrected chi connectivity index (χ2v) is 12.7. The van der Waals surface area contributed by atoms with Crippen LogP contribution in [0, 0.1) is 14.9 Å². The second-order valence-electron chi connectivity index (χ2n) is 11.5. The molecule has 2 saturated heterocycles. The highest BCUT2D eigenvalue weighted by molar-refractivity contribution is 14.1. The number of fused-ring (bicyclic) bond motifs is 2. The zero-order valence-electron chi connectivity index (χ0n) is 24.4. The number of aromatic hydroxyl groups is 1. The number of rotatable bonds is 7. The molecule has 0 aliphatic carbocycles. The number of halogens is 1. The Morgan fingerprint density at radius 2 is 2.07 bits per heavy atom. The van der Waals surface area contributed by atoms with Gasteiger partial charge in [0, 0.05) is 58.5 Å². The summed E-state index contributed by atoms with van der Waals surface area (Å²) in [5, 5.41) is 22.2. The number of carbonyl (C=O) groups excluding carboxylic acids is 1. The summed E-state index contributed by atoms with van der Waals surface area (Å²) >= 11 is 2.36. The molecule has 3 aromatic rings. The molecule has 1 amide bonds. The van der Waals surface area contributed by atoms with E-state index in [2.05, 4.69) is 63.1 Å². The lowest BCUT2D eigenvalue weighted by Gasteiger charge is -2.42. The van der Waals surface area contributed by atoms with E-state index in [1.54, 1.807) is 11.0 Å². The maximum Gasteiger partial charge on any atom is 0.318 e. The van der Waals surface area contributed by atoms with Crippen LogP contribution in [0.3, 0.4) is 0 Å². The molecule has 3 aliphatic rings. The van der Waals surface area contributed by atoms with Gasteiger partial charge < -0.3 is 29.4 Å². The van der Waals surface area contributed by atoms with E-state index < -0.39 is 0 Å². The summed E-state index contributed by atoms with van der Waals surface area (Å²) < 4.78 is 7.40. The van der Waals surface area contributed by atoms with E-state index >= 15 is 0 Å². The number of benzene rings is 2. The van der Waals surface area contributed by atoms with Crippen molar-refractivity contribution in [1.82, 2.24) is 19.8 Å². The molecular weight excluding hydrogens is 657 g/mol. The number of likely N-dealkylation sites (N-methyl/N-ethyl adjacent to an activating group) is 1. The van der Waals surface area contributed by atoms with Gasteiger partial charge in [-0.05, 0) is 79.0 Å². The van der Waals surface area contributed by atoms with Crippen molar-refractivity contribution in [1.29, 1.82) is 5.26 Å². The molecule has 0 saturated carbocycles. The lowest BCUT2D eigenvalue weighted by Crippen LogP contribution is -2.55. The van der Waals surface area contributed by atoms with Gasteiger partial charge in [-0.1, -0.05) is 18.7 Å². The molecule has 0 spiro atoms. The third-order valence-corrected chi connectivity index (χ3v) is 9.80. The van der Waals surface area contributed by atoms with E-state index in [9.17, 15) is 15.2 Å². The molecule has 2 aromatic carbocycles. The first-order valence-electron chi connectivity index (χ1n) is 14.8. The van der Waals surface area contributed by atoms with Crippen LogP contribution in [0.5, 0.6) is 11.8 Å². The second kappa shape index (κ2) is 12.5. The summed E-state index contributed by atoms with van der Waals surface area (Å²) in [6.45, 7) is 8.08. The molecular formula is C32H36IN7O3. The zero-order chi connectivity index (χ0) is 30.1. The van der Waals surface area contributed by atoms with Crippen LogP contribution in [-0.2, 0) is 17.8 Å². The number of anilines is 2. The van der Waals surface area contributed by atoms with E-state index in [1.165, 1.54) is 6.08 Å². The lowest BCUT2D eigenvalue weighted by molar-refractivity contribution is -0.128. The van der Waals surface area contributed by atoms with Gasteiger partial charge in [0.2, 0.25) is 5.91 Å². The van der Waals surface area contributed by atoms with E-state index in [0.29, 0.717) is 51.3 Å². The predicted molar refractivity (Wildman–Crippen MR) is 174 cm³/mol. The molecule has 224 valence electrons. The Morgan fingerprint density at radius 3 is 2.84 bits per heavy atom. The Labute approximate surface area is 265 Å². The molecule has 1 N–H and O–H groups in total. The number of carbonyl (C=O) groups is 1. The van der Waals surface area contributed by atoms with Gasteiger partial charge in [0.1, 0.15) is 18.2 Å². The fourth-order valence-corrected chi connectivity index (χ4v) is 7.41. The van der Waals surface area contributed by atoms with Crippen molar-refractivity contribution in [3.8, 4) is 17.8 Å². The van der Waals surface area contributed by atoms with Gasteiger partial charge in [-0.25, -0.2) is 0 Å². The van der Waals surface area contributed by atoms with Crippen LogP contribution in [0.15, 0.2) is 43.0 Å². The number of hydrogen-bond acceptors (Lipinski definition) is 9. The standard InChI is InChI=1S/C32H36IN7O3/c1-3-29(42)40-15-14-39(18-22(40)9-11-34)31-25-10-13-38(28-17-24(41)16-21-6-4-8-26(33)30(21)28)19-27(25)35-32(36-31)43-20-23-7-5-12-37(23)2/h3-4,6,8,16-17,22-23,41H,1,5,7,9-10,12-15,18-20H2,2H3/t22-,23-/m0/s1. The summed E-state index contributed by atoms with van der Waals surface area (Å²) in [5.41, 5.74) is 2.95. The highest BCUT2D eigenvalue weighted by Crippen LogP contribution is 2.38. The van der Waals surface area contributed by atoms with Gasteiger partial charge in [0.15, 0.2) is 0 Å². The van der Waals surface area contributed by atoms with E-state index in [0.717, 1.165) is 63.0 Å². The number of amides is 1. The third-order valence-electron chi connectivity index (χ3n) is 8.90. The first-order chi connectivity index (χ1) is 20.9. The molecule has 2 fully saturated rings. The summed E-state index contributed by atoms with van der Waals surface area (Å²) in [5.74, 6) is 0.903. The Hall–Kier alpha value is -3.63. The van der Waals surface area contributed by atoms with Gasteiger partial charge >= 0.3 is 6.01 Å². The van der Waals surface area contributed by atoms with Crippen molar-refractivity contribution in [3.05, 3.63) is 57.8 Å². The van der Waals surface area contributed by atoms with Gasteiger partial charge in [0.05, 0.1) is 30.8 Å². The molecule has 3 aliphatic heterocycles. The van der Waals surface area contributed by atoms with Crippen LogP contribution in [0.25, 0.3) is 10.8 Å². The van der Waals surface area contributed by atoms with Crippen molar-refractivity contribution < 1.29 is 14.6 Å². The first-order valence-corrected chi connectivity index (χ1v) is 15.9. The molecule has 0 unspecified atom stereocenters. The molecule has 10 nitrogen and oxygen atoms in total. The molecule has 2 atom stereocenters. The molecule has 0 radical (unpaired) electrons. The van der Waals surface area contributed by atoms with Gasteiger partial charge in [-0.15, -0.1) is 0 Å². The van der Waals surface area contributed by atoms with E-state index in [4.69, 9.17) is 14.7 Å². The number of aromatic nitrogens is 2. The van der Waals surface area contributed by atoms with Crippen molar-refractivity contribution in [3.63, 3.8) is 0 Å². The zero-order valence-corrected chi connectivity index (χ0v) is 26.5. The number of phenolic OH excluding ortho intramolecular Hbond substituents is 1. The molecule has 11 heteroatoms. The van der Waals surface area contributed by atoms with Gasteiger partial charge in [-0.2, -0.15) is 15.2 Å². The third kappa shape index (κ3) is 5.95. The Morgan fingerprint density at radius 1 is 1.21 bits per heavy atom. The SMILES string of the molecule is C=CC(=O)N1CCN(c2nc(OC[C@@H]3CCCN3C)nc3c2CCN(c2cc(O)cc4cccc(I)c24)C3)C[C@@H]1CC#N. The van der Waals surface area contributed by atoms with Crippen molar-refractivity contribution >= 4 is 50.8 Å².